The van der Waals surface area contributed by atoms with Crippen molar-refractivity contribution in [2.45, 2.75) is 6.42 Å². The van der Waals surface area contributed by atoms with E-state index in [1.54, 1.807) is 6.08 Å². The molecule has 0 bridgehead atoms. The summed E-state index contributed by atoms with van der Waals surface area (Å²) in [6.45, 7) is 0.618. The van der Waals surface area contributed by atoms with E-state index >= 15 is 0 Å². The van der Waals surface area contributed by atoms with Crippen LogP contribution in [-0.2, 0) is 4.79 Å². The van der Waals surface area contributed by atoms with E-state index in [2.05, 4.69) is 10.6 Å². The summed E-state index contributed by atoms with van der Waals surface area (Å²) in [6.07, 6.45) is 3.82. The highest BCUT2D eigenvalue weighted by Gasteiger charge is 2.01. The first-order valence-corrected chi connectivity index (χ1v) is 7.47. The van der Waals surface area contributed by atoms with Crippen LogP contribution in [0, 0.1) is 0 Å². The lowest BCUT2D eigenvalue weighted by Crippen LogP contribution is -2.38. The molecule has 5 heteroatoms. The zero-order valence-corrected chi connectivity index (χ0v) is 12.9. The van der Waals surface area contributed by atoms with E-state index in [0.717, 1.165) is 16.3 Å². The number of aliphatic hydroxyl groups is 1. The molecule has 1 amide bonds. The van der Waals surface area contributed by atoms with E-state index in [4.69, 9.17) is 17.3 Å². The van der Waals surface area contributed by atoms with E-state index in [1.165, 1.54) is 6.08 Å². The summed E-state index contributed by atoms with van der Waals surface area (Å²) in [7, 11) is 0. The van der Waals surface area contributed by atoms with Gasteiger partial charge in [0.05, 0.1) is 0 Å². The Balaban J connectivity index is 1.98. The molecule has 114 valence electrons. The van der Waals surface area contributed by atoms with Crippen molar-refractivity contribution in [3.63, 3.8) is 0 Å². The number of carbonyl (C=O) groups excluding carboxylic acids is 1. The highest BCUT2D eigenvalue weighted by atomic mass is 32.1. The quantitative estimate of drug-likeness (QED) is 0.450. The molecule has 0 aromatic heterocycles. The molecule has 2 rings (SSSR count). The first kappa shape index (κ1) is 16.1. The lowest BCUT2D eigenvalue weighted by atomic mass is 10.0. The molecule has 0 radical (unpaired) electrons. The number of benzene rings is 2. The predicted octanol–water partition coefficient (Wildman–Crippen LogP) is 2.23. The molecule has 0 spiro atoms. The number of fused-ring (bicyclic) bond motifs is 1. The van der Waals surface area contributed by atoms with E-state index in [9.17, 15) is 4.79 Å². The molecule has 0 unspecified atom stereocenters. The molecule has 0 atom stereocenters. The van der Waals surface area contributed by atoms with Gasteiger partial charge in [-0.2, -0.15) is 0 Å². The maximum Gasteiger partial charge on any atom is 0.250 e. The number of nitrogens with one attached hydrogen (secondary N) is 2. The van der Waals surface area contributed by atoms with Crippen molar-refractivity contribution in [2.24, 2.45) is 0 Å². The number of amides is 1. The van der Waals surface area contributed by atoms with Crippen LogP contribution in [0.15, 0.2) is 48.5 Å². The molecule has 0 aliphatic rings. The zero-order chi connectivity index (χ0) is 15.8. The monoisotopic (exact) mass is 314 g/mol. The molecular weight excluding hydrogens is 296 g/mol. The van der Waals surface area contributed by atoms with Gasteiger partial charge in [0.15, 0.2) is 5.11 Å². The maximum atomic E-state index is 11.8. The Hall–Kier alpha value is -2.24. The van der Waals surface area contributed by atoms with E-state index in [1.807, 2.05) is 42.5 Å². The molecule has 4 nitrogen and oxygen atoms in total. The lowest BCUT2D eigenvalue weighted by molar-refractivity contribution is -0.115. The third-order valence-electron chi connectivity index (χ3n) is 3.09. The molecular formula is C17H18N2O2S. The topological polar surface area (TPSA) is 61.4 Å². The van der Waals surface area contributed by atoms with Crippen LogP contribution in [0.5, 0.6) is 0 Å². The minimum absolute atomic E-state index is 0.0878. The fourth-order valence-corrected chi connectivity index (χ4v) is 2.24. The number of aliphatic hydroxyl groups excluding tert-OH is 1. The zero-order valence-electron chi connectivity index (χ0n) is 12.1. The minimum atomic E-state index is -0.283. The van der Waals surface area contributed by atoms with Crippen molar-refractivity contribution < 1.29 is 9.90 Å². The summed E-state index contributed by atoms with van der Waals surface area (Å²) in [4.78, 5) is 11.8. The molecule has 2 aromatic carbocycles. The number of hydrogen-bond donors (Lipinski definition) is 3. The van der Waals surface area contributed by atoms with Gasteiger partial charge in [0.25, 0.3) is 0 Å². The smallest absolute Gasteiger partial charge is 0.250 e. The van der Waals surface area contributed by atoms with Gasteiger partial charge in [0, 0.05) is 19.2 Å². The van der Waals surface area contributed by atoms with Crippen LogP contribution >= 0.6 is 12.2 Å². The number of thiocarbonyl (C=S) groups is 1. The van der Waals surface area contributed by atoms with Gasteiger partial charge in [-0.15, -0.1) is 0 Å². The van der Waals surface area contributed by atoms with Gasteiger partial charge in [-0.1, -0.05) is 42.5 Å². The molecule has 0 aliphatic heterocycles. The van der Waals surface area contributed by atoms with Crippen LogP contribution < -0.4 is 10.6 Å². The Labute approximate surface area is 134 Å². The molecule has 0 aliphatic carbocycles. The Morgan fingerprint density at radius 1 is 1.18 bits per heavy atom. The van der Waals surface area contributed by atoms with Gasteiger partial charge in [-0.05, 0) is 41.1 Å². The third-order valence-corrected chi connectivity index (χ3v) is 3.34. The minimum Gasteiger partial charge on any atom is -0.396 e. The van der Waals surface area contributed by atoms with Crippen molar-refractivity contribution in [2.75, 3.05) is 13.2 Å². The summed E-state index contributed by atoms with van der Waals surface area (Å²) in [5.41, 5.74) is 0.979. The van der Waals surface area contributed by atoms with E-state index < -0.39 is 0 Å². The maximum absolute atomic E-state index is 11.8. The molecule has 0 saturated carbocycles. The molecule has 0 saturated heterocycles. The lowest BCUT2D eigenvalue weighted by Gasteiger charge is -2.06. The second kappa shape index (κ2) is 8.26. The Kier molecular flexibility index (Phi) is 6.06. The fraction of sp³-hybridized carbons (Fsp3) is 0.176. The van der Waals surface area contributed by atoms with Crippen molar-refractivity contribution in [3.8, 4) is 0 Å². The van der Waals surface area contributed by atoms with Crippen LogP contribution in [0.2, 0.25) is 0 Å². The van der Waals surface area contributed by atoms with Gasteiger partial charge in [0.2, 0.25) is 5.91 Å². The third kappa shape index (κ3) is 4.65. The largest absolute Gasteiger partial charge is 0.396 e. The first-order chi connectivity index (χ1) is 10.7. The summed E-state index contributed by atoms with van der Waals surface area (Å²) >= 11 is 4.99. The average Bonchev–Trinajstić information content (AvgIpc) is 2.53. The summed E-state index contributed by atoms with van der Waals surface area (Å²) in [6, 6.07) is 14.0. The van der Waals surface area contributed by atoms with Gasteiger partial charge < -0.3 is 10.4 Å². The second-order valence-corrected chi connectivity index (χ2v) is 5.13. The van der Waals surface area contributed by atoms with Gasteiger partial charge in [-0.3, -0.25) is 10.1 Å². The van der Waals surface area contributed by atoms with Crippen LogP contribution in [-0.4, -0.2) is 29.3 Å². The van der Waals surface area contributed by atoms with Crippen LogP contribution in [0.4, 0.5) is 0 Å². The van der Waals surface area contributed by atoms with Crippen molar-refractivity contribution in [1.29, 1.82) is 0 Å². The van der Waals surface area contributed by atoms with Crippen LogP contribution in [0.3, 0.4) is 0 Å². The SMILES string of the molecule is O=C(C=Cc1cccc2ccccc12)NC(=S)NCCCO. The van der Waals surface area contributed by atoms with E-state index in [0.29, 0.717) is 13.0 Å². The summed E-state index contributed by atoms with van der Waals surface area (Å²) < 4.78 is 0. The number of carbonyl (C=O) groups is 1. The molecule has 22 heavy (non-hydrogen) atoms. The standard InChI is InChI=1S/C17H18N2O2S/c20-12-4-11-18-17(22)19-16(21)10-9-14-7-3-6-13-5-1-2-8-15(13)14/h1-3,5-10,20H,4,11-12H2,(H2,18,19,21,22). The van der Waals surface area contributed by atoms with Crippen molar-refractivity contribution >= 4 is 40.1 Å². The highest BCUT2D eigenvalue weighted by Crippen LogP contribution is 2.19. The number of rotatable bonds is 5. The van der Waals surface area contributed by atoms with Crippen LogP contribution in [0.1, 0.15) is 12.0 Å². The molecule has 3 N–H and O–H groups in total. The molecule has 0 fully saturated rings. The van der Waals surface area contributed by atoms with Gasteiger partial charge in [0.1, 0.15) is 0 Å². The Morgan fingerprint density at radius 3 is 2.77 bits per heavy atom. The summed E-state index contributed by atoms with van der Waals surface area (Å²) in [5, 5.41) is 16.6. The van der Waals surface area contributed by atoms with Crippen molar-refractivity contribution in [3.05, 3.63) is 54.1 Å². The van der Waals surface area contributed by atoms with E-state index in [-0.39, 0.29) is 17.6 Å². The molecule has 0 heterocycles. The normalized spacial score (nSPS) is 10.8. The Bertz CT molecular complexity index is 693. The molecule has 2 aromatic rings. The fourth-order valence-electron chi connectivity index (χ4n) is 2.04. The van der Waals surface area contributed by atoms with Crippen LogP contribution in [0.25, 0.3) is 16.8 Å². The average molecular weight is 314 g/mol. The van der Waals surface area contributed by atoms with Crippen molar-refractivity contribution in [1.82, 2.24) is 10.6 Å². The Morgan fingerprint density at radius 2 is 1.95 bits per heavy atom. The van der Waals surface area contributed by atoms with Gasteiger partial charge >= 0.3 is 0 Å². The predicted molar refractivity (Wildman–Crippen MR) is 93.4 cm³/mol. The second-order valence-electron chi connectivity index (χ2n) is 4.72. The van der Waals surface area contributed by atoms with Gasteiger partial charge in [-0.25, -0.2) is 0 Å². The summed E-state index contributed by atoms with van der Waals surface area (Å²) in [5.74, 6) is -0.283. The number of hydrogen-bond acceptors (Lipinski definition) is 3. The highest BCUT2D eigenvalue weighted by molar-refractivity contribution is 7.80. The first-order valence-electron chi connectivity index (χ1n) is 7.06.